The smallest absolute Gasteiger partial charge is 0.253 e. The van der Waals surface area contributed by atoms with Crippen LogP contribution in [0.4, 0.5) is 0 Å². The maximum absolute atomic E-state index is 12.1. The van der Waals surface area contributed by atoms with Gasteiger partial charge in [0.25, 0.3) is 5.91 Å². The molecule has 1 aromatic heterocycles. The van der Waals surface area contributed by atoms with Crippen LogP contribution in [0, 0.1) is 11.8 Å². The number of aliphatic hydroxyl groups excluding tert-OH is 1. The highest BCUT2D eigenvalue weighted by molar-refractivity contribution is 5.95. The molecule has 0 unspecified atom stereocenters. The van der Waals surface area contributed by atoms with Gasteiger partial charge in [0.2, 0.25) is 5.91 Å². The SMILES string of the molecule is CC(C)(CC(N)=O)NC(=O)c1cncc(C#CCO)c1. The van der Waals surface area contributed by atoms with Crippen molar-refractivity contribution in [2.75, 3.05) is 6.61 Å². The molecule has 1 heterocycles. The quantitative estimate of drug-likeness (QED) is 0.662. The summed E-state index contributed by atoms with van der Waals surface area (Å²) in [6.45, 7) is 3.15. The number of nitrogens with zero attached hydrogens (tertiary/aromatic N) is 1. The van der Waals surface area contributed by atoms with Gasteiger partial charge in [0, 0.05) is 29.9 Å². The van der Waals surface area contributed by atoms with Gasteiger partial charge in [-0.05, 0) is 19.9 Å². The van der Waals surface area contributed by atoms with Crippen LogP contribution in [0.5, 0.6) is 0 Å². The van der Waals surface area contributed by atoms with Crippen molar-refractivity contribution in [2.45, 2.75) is 25.8 Å². The molecule has 0 aliphatic rings. The summed E-state index contributed by atoms with van der Waals surface area (Å²) >= 11 is 0. The summed E-state index contributed by atoms with van der Waals surface area (Å²) in [6.07, 6.45) is 2.93. The first-order valence-corrected chi connectivity index (χ1v) is 5.99. The van der Waals surface area contributed by atoms with Gasteiger partial charge in [0.15, 0.2) is 0 Å². The molecule has 0 atom stereocenters. The standard InChI is InChI=1S/C14H17N3O3/c1-14(2,7-12(15)19)17-13(20)11-6-10(4-3-5-18)8-16-9-11/h6,8-9,18H,5,7H2,1-2H3,(H2,15,19)(H,17,20). The van der Waals surface area contributed by atoms with E-state index in [1.807, 2.05) is 0 Å². The molecule has 0 bridgehead atoms. The number of nitrogens with one attached hydrogen (secondary N) is 1. The van der Waals surface area contributed by atoms with Crippen LogP contribution in [0.25, 0.3) is 0 Å². The van der Waals surface area contributed by atoms with Crippen LogP contribution in [0.3, 0.4) is 0 Å². The van der Waals surface area contributed by atoms with Gasteiger partial charge >= 0.3 is 0 Å². The predicted octanol–water partition coefficient (Wildman–Crippen LogP) is -0.191. The minimum Gasteiger partial charge on any atom is -0.384 e. The highest BCUT2D eigenvalue weighted by atomic mass is 16.2. The summed E-state index contributed by atoms with van der Waals surface area (Å²) < 4.78 is 0. The van der Waals surface area contributed by atoms with Crippen molar-refractivity contribution in [3.8, 4) is 11.8 Å². The van der Waals surface area contributed by atoms with Gasteiger partial charge in [-0.15, -0.1) is 0 Å². The molecule has 6 heteroatoms. The van der Waals surface area contributed by atoms with Crippen molar-refractivity contribution in [2.24, 2.45) is 5.73 Å². The van der Waals surface area contributed by atoms with Crippen molar-refractivity contribution in [1.29, 1.82) is 0 Å². The summed E-state index contributed by atoms with van der Waals surface area (Å²) in [5, 5.41) is 11.3. The molecule has 0 aliphatic heterocycles. The zero-order valence-electron chi connectivity index (χ0n) is 11.4. The van der Waals surface area contributed by atoms with E-state index in [0.29, 0.717) is 11.1 Å². The summed E-state index contributed by atoms with van der Waals surface area (Å²) in [5.41, 5.74) is 5.24. The minimum atomic E-state index is -0.740. The number of hydrogen-bond donors (Lipinski definition) is 3. The topological polar surface area (TPSA) is 105 Å². The third kappa shape index (κ3) is 5.08. The van der Waals surface area contributed by atoms with E-state index in [0.717, 1.165) is 0 Å². The van der Waals surface area contributed by atoms with Crippen LogP contribution in [-0.4, -0.2) is 34.1 Å². The Morgan fingerprint density at radius 3 is 2.75 bits per heavy atom. The summed E-state index contributed by atoms with van der Waals surface area (Å²) in [5.74, 6) is 4.29. The van der Waals surface area contributed by atoms with Gasteiger partial charge in [-0.25, -0.2) is 0 Å². The lowest BCUT2D eigenvalue weighted by Gasteiger charge is -2.24. The number of hydrogen-bond acceptors (Lipinski definition) is 4. The normalized spacial score (nSPS) is 10.3. The number of aliphatic hydroxyl groups is 1. The number of nitrogens with two attached hydrogens (primary N) is 1. The van der Waals surface area contributed by atoms with E-state index in [1.54, 1.807) is 19.9 Å². The number of rotatable bonds is 4. The largest absolute Gasteiger partial charge is 0.384 e. The lowest BCUT2D eigenvalue weighted by Crippen LogP contribution is -2.46. The Bertz CT molecular complexity index is 571. The van der Waals surface area contributed by atoms with Crippen LogP contribution >= 0.6 is 0 Å². The Labute approximate surface area is 117 Å². The fraction of sp³-hybridized carbons (Fsp3) is 0.357. The minimum absolute atomic E-state index is 0.0379. The molecule has 20 heavy (non-hydrogen) atoms. The molecule has 2 amide bonds. The van der Waals surface area contributed by atoms with Crippen LogP contribution < -0.4 is 11.1 Å². The maximum Gasteiger partial charge on any atom is 0.253 e. The first-order valence-electron chi connectivity index (χ1n) is 5.99. The lowest BCUT2D eigenvalue weighted by molar-refractivity contribution is -0.119. The Morgan fingerprint density at radius 1 is 1.45 bits per heavy atom. The molecule has 0 saturated carbocycles. The number of carbonyl (C=O) groups is 2. The Morgan fingerprint density at radius 2 is 2.15 bits per heavy atom. The van der Waals surface area contributed by atoms with Gasteiger partial charge < -0.3 is 16.2 Å². The van der Waals surface area contributed by atoms with E-state index < -0.39 is 11.4 Å². The predicted molar refractivity (Wildman–Crippen MR) is 73.6 cm³/mol. The second kappa shape index (κ2) is 6.68. The van der Waals surface area contributed by atoms with E-state index >= 15 is 0 Å². The van der Waals surface area contributed by atoms with E-state index in [-0.39, 0.29) is 18.9 Å². The zero-order valence-corrected chi connectivity index (χ0v) is 11.4. The summed E-state index contributed by atoms with van der Waals surface area (Å²) in [6, 6.07) is 1.56. The van der Waals surface area contributed by atoms with Crippen molar-refractivity contribution < 1.29 is 14.7 Å². The monoisotopic (exact) mass is 275 g/mol. The highest BCUT2D eigenvalue weighted by Gasteiger charge is 2.23. The molecule has 0 saturated heterocycles. The van der Waals surface area contributed by atoms with Gasteiger partial charge in [-0.1, -0.05) is 11.8 Å². The first-order chi connectivity index (χ1) is 9.34. The third-order valence-corrected chi connectivity index (χ3v) is 2.38. The van der Waals surface area contributed by atoms with E-state index in [2.05, 4.69) is 22.1 Å². The van der Waals surface area contributed by atoms with Crippen molar-refractivity contribution in [1.82, 2.24) is 10.3 Å². The van der Waals surface area contributed by atoms with Crippen LogP contribution in [0.15, 0.2) is 18.5 Å². The van der Waals surface area contributed by atoms with Crippen LogP contribution in [0.1, 0.15) is 36.2 Å². The fourth-order valence-electron chi connectivity index (χ4n) is 1.63. The van der Waals surface area contributed by atoms with E-state index in [1.165, 1.54) is 12.4 Å². The first kappa shape index (κ1) is 15.7. The van der Waals surface area contributed by atoms with Crippen molar-refractivity contribution in [3.05, 3.63) is 29.6 Å². The Kier molecular flexibility index (Phi) is 5.23. The molecular formula is C14H17N3O3. The van der Waals surface area contributed by atoms with Gasteiger partial charge in [-0.2, -0.15) is 0 Å². The Balaban J connectivity index is 2.85. The summed E-state index contributed by atoms with van der Waals surface area (Å²) in [4.78, 5) is 26.9. The summed E-state index contributed by atoms with van der Waals surface area (Å²) in [7, 11) is 0. The zero-order chi connectivity index (χ0) is 15.2. The average molecular weight is 275 g/mol. The van der Waals surface area contributed by atoms with Gasteiger partial charge in [0.1, 0.15) is 6.61 Å². The molecule has 1 aromatic rings. The number of carbonyl (C=O) groups excluding carboxylic acids is 2. The van der Waals surface area contributed by atoms with Crippen LogP contribution in [0.2, 0.25) is 0 Å². The molecule has 1 rings (SSSR count). The maximum atomic E-state index is 12.1. The molecule has 0 aromatic carbocycles. The number of pyridine rings is 1. The number of aromatic nitrogens is 1. The Hall–Kier alpha value is -2.39. The van der Waals surface area contributed by atoms with Gasteiger partial charge in [-0.3, -0.25) is 14.6 Å². The second-order valence-electron chi connectivity index (χ2n) is 4.90. The molecule has 0 fully saturated rings. The van der Waals surface area contributed by atoms with Gasteiger partial charge in [0.05, 0.1) is 5.56 Å². The number of amides is 2. The molecule has 0 spiro atoms. The van der Waals surface area contributed by atoms with Crippen molar-refractivity contribution in [3.63, 3.8) is 0 Å². The molecule has 4 N–H and O–H groups in total. The molecule has 106 valence electrons. The molecule has 0 radical (unpaired) electrons. The molecule has 0 aliphatic carbocycles. The van der Waals surface area contributed by atoms with Crippen molar-refractivity contribution >= 4 is 11.8 Å². The fourth-order valence-corrected chi connectivity index (χ4v) is 1.63. The van der Waals surface area contributed by atoms with Crippen LogP contribution in [-0.2, 0) is 4.79 Å². The second-order valence-corrected chi connectivity index (χ2v) is 4.90. The average Bonchev–Trinajstić information content (AvgIpc) is 2.34. The highest BCUT2D eigenvalue weighted by Crippen LogP contribution is 2.10. The molecular weight excluding hydrogens is 258 g/mol. The van der Waals surface area contributed by atoms with E-state index in [9.17, 15) is 9.59 Å². The number of primary amides is 1. The third-order valence-electron chi connectivity index (χ3n) is 2.38. The lowest BCUT2D eigenvalue weighted by atomic mass is 9.99. The molecule has 6 nitrogen and oxygen atoms in total. The van der Waals surface area contributed by atoms with E-state index in [4.69, 9.17) is 10.8 Å².